The third kappa shape index (κ3) is 1.51. The maximum absolute atomic E-state index is 5.70. The molecule has 54 valence electrons. The van der Waals surface area contributed by atoms with Crippen LogP contribution >= 0.6 is 15.9 Å². The summed E-state index contributed by atoms with van der Waals surface area (Å²) in [5.41, 5.74) is 8.94. The van der Waals surface area contributed by atoms with Gasteiger partial charge in [0.25, 0.3) is 0 Å². The van der Waals surface area contributed by atoms with Crippen molar-refractivity contribution in [2.75, 3.05) is 5.73 Å². The summed E-state index contributed by atoms with van der Waals surface area (Å²) >= 11 is 3.35. The van der Waals surface area contributed by atoms with E-state index in [-0.39, 0.29) is 0 Å². The predicted octanol–water partition coefficient (Wildman–Crippen LogP) is 2.47. The number of hydrogen-bond donors (Lipinski definition) is 1. The molecule has 0 aliphatic heterocycles. The standard InChI is InChI=1S/C8H10BrN/c1-6-2-3-7(5-9)8(10)4-6/h2-4H,5,10H2,1H3. The highest BCUT2D eigenvalue weighted by atomic mass is 79.9. The van der Waals surface area contributed by atoms with Crippen LogP contribution in [-0.4, -0.2) is 0 Å². The average molecular weight is 200 g/mol. The van der Waals surface area contributed by atoms with Gasteiger partial charge < -0.3 is 5.73 Å². The molecule has 0 heterocycles. The number of alkyl halides is 1. The number of nitrogens with two attached hydrogens (primary N) is 1. The quantitative estimate of drug-likeness (QED) is 0.546. The third-order valence-corrected chi connectivity index (χ3v) is 2.05. The molecule has 0 aliphatic rings. The van der Waals surface area contributed by atoms with Gasteiger partial charge in [-0.05, 0) is 24.1 Å². The lowest BCUT2D eigenvalue weighted by Crippen LogP contribution is -1.91. The summed E-state index contributed by atoms with van der Waals surface area (Å²) in [5.74, 6) is 0. The second kappa shape index (κ2) is 3.06. The minimum atomic E-state index is 0.832. The van der Waals surface area contributed by atoms with E-state index in [0.29, 0.717) is 0 Å². The van der Waals surface area contributed by atoms with E-state index in [0.717, 1.165) is 16.6 Å². The van der Waals surface area contributed by atoms with E-state index in [9.17, 15) is 0 Å². The van der Waals surface area contributed by atoms with Gasteiger partial charge in [0.15, 0.2) is 0 Å². The van der Waals surface area contributed by atoms with Crippen LogP contribution in [0, 0.1) is 6.92 Å². The molecule has 0 fully saturated rings. The summed E-state index contributed by atoms with van der Waals surface area (Å²) < 4.78 is 0. The Kier molecular flexibility index (Phi) is 2.33. The molecule has 1 nitrogen and oxygen atoms in total. The highest BCUT2D eigenvalue weighted by Gasteiger charge is 1.94. The maximum Gasteiger partial charge on any atom is 0.0357 e. The van der Waals surface area contributed by atoms with Crippen LogP contribution < -0.4 is 5.73 Å². The highest BCUT2D eigenvalue weighted by molar-refractivity contribution is 9.08. The molecule has 0 unspecified atom stereocenters. The minimum Gasteiger partial charge on any atom is -0.398 e. The Balaban J connectivity index is 3.07. The molecular weight excluding hydrogens is 190 g/mol. The van der Waals surface area contributed by atoms with Crippen LogP contribution in [0.25, 0.3) is 0 Å². The van der Waals surface area contributed by atoms with Gasteiger partial charge in [0, 0.05) is 11.0 Å². The number of aryl methyl sites for hydroxylation is 1. The van der Waals surface area contributed by atoms with Crippen LogP contribution in [0.1, 0.15) is 11.1 Å². The first kappa shape index (κ1) is 7.61. The highest BCUT2D eigenvalue weighted by Crippen LogP contribution is 2.15. The molecule has 0 spiro atoms. The number of anilines is 1. The summed E-state index contributed by atoms with van der Waals surface area (Å²) in [6.45, 7) is 2.04. The molecule has 0 aromatic heterocycles. The predicted molar refractivity (Wildman–Crippen MR) is 48.2 cm³/mol. The molecular formula is C8H10BrN. The molecule has 10 heavy (non-hydrogen) atoms. The number of benzene rings is 1. The van der Waals surface area contributed by atoms with Gasteiger partial charge in [0.05, 0.1) is 0 Å². The van der Waals surface area contributed by atoms with Gasteiger partial charge >= 0.3 is 0 Å². The van der Waals surface area contributed by atoms with Crippen LogP contribution in [0.3, 0.4) is 0 Å². The van der Waals surface area contributed by atoms with Crippen LogP contribution in [0.2, 0.25) is 0 Å². The van der Waals surface area contributed by atoms with Crippen molar-refractivity contribution in [3.05, 3.63) is 29.3 Å². The first-order valence-corrected chi connectivity index (χ1v) is 4.27. The Labute approximate surface area is 69.4 Å². The molecule has 0 saturated heterocycles. The second-order valence-electron chi connectivity index (χ2n) is 2.34. The van der Waals surface area contributed by atoms with Crippen molar-refractivity contribution in [2.45, 2.75) is 12.3 Å². The van der Waals surface area contributed by atoms with Crippen LogP contribution in [0.15, 0.2) is 18.2 Å². The molecule has 0 radical (unpaired) electrons. The van der Waals surface area contributed by atoms with Crippen molar-refractivity contribution < 1.29 is 0 Å². The largest absolute Gasteiger partial charge is 0.398 e. The molecule has 1 rings (SSSR count). The zero-order valence-corrected chi connectivity index (χ0v) is 7.48. The molecule has 0 bridgehead atoms. The Morgan fingerprint density at radius 1 is 1.50 bits per heavy atom. The number of rotatable bonds is 1. The number of halogens is 1. The number of nitrogen functional groups attached to an aromatic ring is 1. The zero-order chi connectivity index (χ0) is 7.56. The van der Waals surface area contributed by atoms with Gasteiger partial charge in [-0.1, -0.05) is 28.1 Å². The first-order chi connectivity index (χ1) is 4.74. The van der Waals surface area contributed by atoms with Gasteiger partial charge in [-0.2, -0.15) is 0 Å². The monoisotopic (exact) mass is 199 g/mol. The molecule has 2 heteroatoms. The summed E-state index contributed by atoms with van der Waals surface area (Å²) in [6, 6.07) is 6.09. The van der Waals surface area contributed by atoms with Gasteiger partial charge in [-0.3, -0.25) is 0 Å². The molecule has 2 N–H and O–H groups in total. The minimum absolute atomic E-state index is 0.832. The van der Waals surface area contributed by atoms with E-state index in [1.54, 1.807) is 0 Å². The third-order valence-electron chi connectivity index (χ3n) is 1.45. The van der Waals surface area contributed by atoms with Gasteiger partial charge in [-0.15, -0.1) is 0 Å². The SMILES string of the molecule is Cc1ccc(CBr)c(N)c1. The first-order valence-electron chi connectivity index (χ1n) is 3.15. The second-order valence-corrected chi connectivity index (χ2v) is 2.90. The van der Waals surface area contributed by atoms with Crippen molar-refractivity contribution in [3.8, 4) is 0 Å². The van der Waals surface area contributed by atoms with Crippen molar-refractivity contribution in [1.82, 2.24) is 0 Å². The van der Waals surface area contributed by atoms with Crippen molar-refractivity contribution >= 4 is 21.6 Å². The Morgan fingerprint density at radius 3 is 2.70 bits per heavy atom. The Bertz CT molecular complexity index is 233. The van der Waals surface area contributed by atoms with E-state index < -0.39 is 0 Å². The molecule has 0 saturated carbocycles. The summed E-state index contributed by atoms with van der Waals surface area (Å²) in [4.78, 5) is 0. The van der Waals surface area contributed by atoms with E-state index in [1.807, 2.05) is 19.1 Å². The normalized spacial score (nSPS) is 9.80. The van der Waals surface area contributed by atoms with Gasteiger partial charge in [0.1, 0.15) is 0 Å². The van der Waals surface area contributed by atoms with Crippen molar-refractivity contribution in [3.63, 3.8) is 0 Å². The van der Waals surface area contributed by atoms with E-state index >= 15 is 0 Å². The summed E-state index contributed by atoms with van der Waals surface area (Å²) in [5, 5.41) is 0.832. The molecule has 0 atom stereocenters. The van der Waals surface area contributed by atoms with E-state index in [2.05, 4.69) is 22.0 Å². The van der Waals surface area contributed by atoms with Crippen LogP contribution in [-0.2, 0) is 5.33 Å². The molecule has 0 aliphatic carbocycles. The fourth-order valence-corrected chi connectivity index (χ4v) is 1.35. The number of hydrogen-bond acceptors (Lipinski definition) is 1. The smallest absolute Gasteiger partial charge is 0.0357 e. The topological polar surface area (TPSA) is 26.0 Å². The summed E-state index contributed by atoms with van der Waals surface area (Å²) in [7, 11) is 0. The fourth-order valence-electron chi connectivity index (χ4n) is 0.836. The van der Waals surface area contributed by atoms with Crippen LogP contribution in [0.4, 0.5) is 5.69 Å². The zero-order valence-electron chi connectivity index (χ0n) is 5.89. The lowest BCUT2D eigenvalue weighted by molar-refractivity contribution is 1.38. The fraction of sp³-hybridized carbons (Fsp3) is 0.250. The van der Waals surface area contributed by atoms with Crippen LogP contribution in [0.5, 0.6) is 0 Å². The lowest BCUT2D eigenvalue weighted by atomic mass is 10.1. The van der Waals surface area contributed by atoms with Crippen molar-refractivity contribution in [2.24, 2.45) is 0 Å². The summed E-state index contributed by atoms with van der Waals surface area (Å²) in [6.07, 6.45) is 0. The molecule has 1 aromatic rings. The maximum atomic E-state index is 5.70. The van der Waals surface area contributed by atoms with Crippen molar-refractivity contribution in [1.29, 1.82) is 0 Å². The van der Waals surface area contributed by atoms with Gasteiger partial charge in [-0.25, -0.2) is 0 Å². The lowest BCUT2D eigenvalue weighted by Gasteiger charge is -2.01. The molecule has 0 amide bonds. The Hall–Kier alpha value is -0.500. The Morgan fingerprint density at radius 2 is 2.20 bits per heavy atom. The molecule has 1 aromatic carbocycles. The average Bonchev–Trinajstić information content (AvgIpc) is 1.88. The van der Waals surface area contributed by atoms with E-state index in [1.165, 1.54) is 5.56 Å². The van der Waals surface area contributed by atoms with Gasteiger partial charge in [0.2, 0.25) is 0 Å². The van der Waals surface area contributed by atoms with E-state index in [4.69, 9.17) is 5.73 Å².